The van der Waals surface area contributed by atoms with Crippen molar-refractivity contribution >= 4 is 23.2 Å². The summed E-state index contributed by atoms with van der Waals surface area (Å²) in [5.74, 6) is 1.05. The van der Waals surface area contributed by atoms with Crippen molar-refractivity contribution in [3.63, 3.8) is 0 Å². The van der Waals surface area contributed by atoms with Crippen LogP contribution in [0.3, 0.4) is 0 Å². The van der Waals surface area contributed by atoms with E-state index in [0.717, 1.165) is 0 Å². The monoisotopic (exact) mass is 319 g/mol. The Morgan fingerprint density at radius 3 is 2.36 bits per heavy atom. The summed E-state index contributed by atoms with van der Waals surface area (Å²) in [6.45, 7) is 4.86. The first kappa shape index (κ1) is 16.2. The quantitative estimate of drug-likeness (QED) is 0.859. The van der Waals surface area contributed by atoms with Crippen molar-refractivity contribution < 1.29 is 14.3 Å². The Morgan fingerprint density at radius 1 is 1.05 bits per heavy atom. The minimum Gasteiger partial charge on any atom is -0.494 e. The van der Waals surface area contributed by atoms with Crippen molar-refractivity contribution in [3.05, 3.63) is 53.1 Å². The van der Waals surface area contributed by atoms with Crippen LogP contribution in [0.4, 0.5) is 5.69 Å². The Balaban J connectivity index is 2.23. The Kier molecular flexibility index (Phi) is 5.67. The zero-order chi connectivity index (χ0) is 15.9. The molecule has 0 aliphatic heterocycles. The summed E-state index contributed by atoms with van der Waals surface area (Å²) in [5.41, 5.74) is 1.10. The summed E-state index contributed by atoms with van der Waals surface area (Å²) in [5, 5.41) is 3.43. The van der Waals surface area contributed by atoms with Crippen molar-refractivity contribution in [1.82, 2.24) is 0 Å². The highest BCUT2D eigenvalue weighted by atomic mass is 35.5. The van der Waals surface area contributed by atoms with E-state index in [1.54, 1.807) is 36.4 Å². The molecule has 0 unspecified atom stereocenters. The smallest absolute Gasteiger partial charge is 0.255 e. The number of carbonyl (C=O) groups is 1. The molecule has 116 valence electrons. The third-order valence-corrected chi connectivity index (χ3v) is 3.17. The molecule has 2 rings (SSSR count). The second-order valence-corrected chi connectivity index (χ2v) is 4.92. The van der Waals surface area contributed by atoms with Crippen LogP contribution in [0.15, 0.2) is 42.5 Å². The first-order valence-corrected chi connectivity index (χ1v) is 7.48. The average Bonchev–Trinajstić information content (AvgIpc) is 2.51. The molecule has 0 fully saturated rings. The van der Waals surface area contributed by atoms with Gasteiger partial charge in [-0.25, -0.2) is 0 Å². The number of nitrogens with one attached hydrogen (secondary N) is 1. The summed E-state index contributed by atoms with van der Waals surface area (Å²) < 4.78 is 11.0. The second kappa shape index (κ2) is 7.71. The lowest BCUT2D eigenvalue weighted by Crippen LogP contribution is -2.13. The number of ether oxygens (including phenoxy) is 2. The van der Waals surface area contributed by atoms with E-state index in [2.05, 4.69) is 5.32 Å². The number of halogens is 1. The molecule has 0 saturated heterocycles. The van der Waals surface area contributed by atoms with Crippen LogP contribution in [0.1, 0.15) is 24.2 Å². The van der Waals surface area contributed by atoms with Crippen molar-refractivity contribution in [1.29, 1.82) is 0 Å². The minimum atomic E-state index is -0.230. The van der Waals surface area contributed by atoms with Crippen LogP contribution in [0.25, 0.3) is 0 Å². The second-order valence-electron chi connectivity index (χ2n) is 4.49. The van der Waals surface area contributed by atoms with Gasteiger partial charge < -0.3 is 14.8 Å². The largest absolute Gasteiger partial charge is 0.494 e. The molecular formula is C17H18ClNO3. The van der Waals surface area contributed by atoms with E-state index in [4.69, 9.17) is 21.1 Å². The molecule has 5 heteroatoms. The van der Waals surface area contributed by atoms with E-state index in [1.165, 1.54) is 0 Å². The molecule has 2 aromatic rings. The maximum absolute atomic E-state index is 12.3. The third kappa shape index (κ3) is 4.15. The van der Waals surface area contributed by atoms with Gasteiger partial charge in [0.05, 0.1) is 18.9 Å². The van der Waals surface area contributed by atoms with Gasteiger partial charge in [0.25, 0.3) is 5.91 Å². The van der Waals surface area contributed by atoms with Gasteiger partial charge in [-0.2, -0.15) is 0 Å². The number of amides is 1. The number of hydrogen-bond acceptors (Lipinski definition) is 3. The molecular weight excluding hydrogens is 302 g/mol. The zero-order valence-corrected chi connectivity index (χ0v) is 13.3. The van der Waals surface area contributed by atoms with E-state index < -0.39 is 0 Å². The predicted octanol–water partition coefficient (Wildman–Crippen LogP) is 4.39. The Labute approximate surface area is 135 Å². The van der Waals surface area contributed by atoms with Gasteiger partial charge in [0, 0.05) is 16.7 Å². The van der Waals surface area contributed by atoms with Crippen LogP contribution >= 0.6 is 11.6 Å². The average molecular weight is 320 g/mol. The van der Waals surface area contributed by atoms with Gasteiger partial charge in [-0.05, 0) is 50.2 Å². The van der Waals surface area contributed by atoms with E-state index >= 15 is 0 Å². The fourth-order valence-corrected chi connectivity index (χ4v) is 2.07. The number of benzene rings is 2. The third-order valence-electron chi connectivity index (χ3n) is 2.92. The van der Waals surface area contributed by atoms with Crippen molar-refractivity contribution in [2.24, 2.45) is 0 Å². The van der Waals surface area contributed by atoms with Crippen LogP contribution in [-0.4, -0.2) is 19.1 Å². The van der Waals surface area contributed by atoms with Gasteiger partial charge >= 0.3 is 0 Å². The molecule has 0 aromatic heterocycles. The molecule has 0 atom stereocenters. The molecule has 0 bridgehead atoms. The minimum absolute atomic E-state index is 0.230. The first-order chi connectivity index (χ1) is 10.6. The molecule has 0 radical (unpaired) electrons. The summed E-state index contributed by atoms with van der Waals surface area (Å²) in [6.07, 6.45) is 0. The molecule has 0 saturated carbocycles. The van der Waals surface area contributed by atoms with Crippen molar-refractivity contribution in [2.75, 3.05) is 18.5 Å². The number of rotatable bonds is 6. The SMILES string of the molecule is CCOc1ccc(OCC)c(NC(=O)c2ccc(Cl)cc2)c1. The van der Waals surface area contributed by atoms with E-state index in [0.29, 0.717) is 41.0 Å². The van der Waals surface area contributed by atoms with E-state index in [9.17, 15) is 4.79 Å². The maximum Gasteiger partial charge on any atom is 0.255 e. The highest BCUT2D eigenvalue weighted by Gasteiger charge is 2.11. The summed E-state index contributed by atoms with van der Waals surface area (Å²) in [7, 11) is 0. The lowest BCUT2D eigenvalue weighted by Gasteiger charge is -2.13. The summed E-state index contributed by atoms with van der Waals surface area (Å²) >= 11 is 5.83. The molecule has 2 aromatic carbocycles. The van der Waals surface area contributed by atoms with Gasteiger partial charge in [-0.15, -0.1) is 0 Å². The molecule has 0 spiro atoms. The van der Waals surface area contributed by atoms with Gasteiger partial charge in [0.1, 0.15) is 11.5 Å². The van der Waals surface area contributed by atoms with Gasteiger partial charge in [-0.1, -0.05) is 11.6 Å². The normalized spacial score (nSPS) is 10.1. The van der Waals surface area contributed by atoms with Crippen molar-refractivity contribution in [2.45, 2.75) is 13.8 Å². The van der Waals surface area contributed by atoms with Gasteiger partial charge in [0.15, 0.2) is 0 Å². The maximum atomic E-state index is 12.3. The predicted molar refractivity (Wildman–Crippen MR) is 88.2 cm³/mol. The molecule has 4 nitrogen and oxygen atoms in total. The Bertz CT molecular complexity index is 641. The number of carbonyl (C=O) groups excluding carboxylic acids is 1. The highest BCUT2D eigenvalue weighted by Crippen LogP contribution is 2.30. The van der Waals surface area contributed by atoms with Crippen LogP contribution in [-0.2, 0) is 0 Å². The fourth-order valence-electron chi connectivity index (χ4n) is 1.94. The lowest BCUT2D eigenvalue weighted by atomic mass is 10.2. The fraction of sp³-hybridized carbons (Fsp3) is 0.235. The van der Waals surface area contributed by atoms with Gasteiger partial charge in [-0.3, -0.25) is 4.79 Å². The Hall–Kier alpha value is -2.20. The van der Waals surface area contributed by atoms with Crippen molar-refractivity contribution in [3.8, 4) is 11.5 Å². The highest BCUT2D eigenvalue weighted by molar-refractivity contribution is 6.30. The molecule has 0 heterocycles. The molecule has 1 N–H and O–H groups in total. The van der Waals surface area contributed by atoms with Crippen LogP contribution < -0.4 is 14.8 Å². The van der Waals surface area contributed by atoms with Crippen LogP contribution in [0.5, 0.6) is 11.5 Å². The number of hydrogen-bond donors (Lipinski definition) is 1. The lowest BCUT2D eigenvalue weighted by molar-refractivity contribution is 0.102. The first-order valence-electron chi connectivity index (χ1n) is 7.10. The Morgan fingerprint density at radius 2 is 1.73 bits per heavy atom. The van der Waals surface area contributed by atoms with Crippen LogP contribution in [0.2, 0.25) is 5.02 Å². The standard InChI is InChI=1S/C17H18ClNO3/c1-3-21-14-9-10-16(22-4-2)15(11-14)19-17(20)12-5-7-13(18)8-6-12/h5-11H,3-4H2,1-2H3,(H,19,20). The molecule has 1 amide bonds. The van der Waals surface area contributed by atoms with Crippen LogP contribution in [0, 0.1) is 0 Å². The molecule has 0 aliphatic rings. The number of anilines is 1. The molecule has 22 heavy (non-hydrogen) atoms. The molecule has 0 aliphatic carbocycles. The van der Waals surface area contributed by atoms with E-state index in [1.807, 2.05) is 19.9 Å². The summed E-state index contributed by atoms with van der Waals surface area (Å²) in [6, 6.07) is 12.0. The topological polar surface area (TPSA) is 47.6 Å². The van der Waals surface area contributed by atoms with Gasteiger partial charge in [0.2, 0.25) is 0 Å². The zero-order valence-electron chi connectivity index (χ0n) is 12.6. The summed E-state index contributed by atoms with van der Waals surface area (Å²) in [4.78, 5) is 12.3. The van der Waals surface area contributed by atoms with E-state index in [-0.39, 0.29) is 5.91 Å².